The van der Waals surface area contributed by atoms with Crippen molar-refractivity contribution in [3.63, 3.8) is 0 Å². The van der Waals surface area contributed by atoms with Crippen LogP contribution >= 0.6 is 0 Å². The van der Waals surface area contributed by atoms with Gasteiger partial charge in [-0.25, -0.2) is 4.79 Å². The molecule has 5 rings (SSSR count). The van der Waals surface area contributed by atoms with Crippen LogP contribution in [0.3, 0.4) is 0 Å². The number of benzene rings is 2. The number of fused-ring (bicyclic) bond motifs is 5. The Bertz CT molecular complexity index is 1280. The molecule has 0 saturated carbocycles. The summed E-state index contributed by atoms with van der Waals surface area (Å²) in [5, 5.41) is 1.74. The Kier molecular flexibility index (Phi) is 6.65. The van der Waals surface area contributed by atoms with Crippen molar-refractivity contribution >= 4 is 16.9 Å². The molecule has 0 aliphatic carbocycles. The van der Waals surface area contributed by atoms with Crippen molar-refractivity contribution in [1.29, 1.82) is 0 Å². The van der Waals surface area contributed by atoms with E-state index in [0.29, 0.717) is 24.6 Å². The van der Waals surface area contributed by atoms with E-state index < -0.39 is 6.09 Å². The number of ether oxygens (including phenoxy) is 4. The van der Waals surface area contributed by atoms with Crippen LogP contribution < -0.4 is 35.9 Å². The highest BCUT2D eigenvalue weighted by molar-refractivity contribution is 5.93. The van der Waals surface area contributed by atoms with E-state index >= 15 is 0 Å². The van der Waals surface area contributed by atoms with Crippen molar-refractivity contribution < 1.29 is 40.7 Å². The van der Waals surface area contributed by atoms with Gasteiger partial charge in [0.05, 0.1) is 18.1 Å². The molecule has 2 aromatic carbocycles. The number of methoxy groups -OCH3 is 1. The van der Waals surface area contributed by atoms with Crippen molar-refractivity contribution in [1.82, 2.24) is 4.90 Å². The molecule has 0 bridgehead atoms. The van der Waals surface area contributed by atoms with Crippen LogP contribution in [0.1, 0.15) is 5.56 Å². The Hall–Kier alpha value is -3.71. The fraction of sp³-hybridized carbons (Fsp3) is 0.231. The van der Waals surface area contributed by atoms with E-state index in [0.717, 1.165) is 46.5 Å². The molecule has 0 radical (unpaired) electrons. The summed E-state index contributed by atoms with van der Waals surface area (Å²) in [7, 11) is 1.56. The number of aromatic nitrogens is 1. The quantitative estimate of drug-likeness (QED) is 0.393. The summed E-state index contributed by atoms with van der Waals surface area (Å²) in [5.41, 5.74) is 3.41. The maximum atomic E-state index is 12.9. The minimum Gasteiger partial charge on any atom is -1.00 e. The van der Waals surface area contributed by atoms with E-state index in [1.807, 2.05) is 24.4 Å². The summed E-state index contributed by atoms with van der Waals surface area (Å²) in [4.78, 5) is 14.4. The van der Waals surface area contributed by atoms with E-state index in [2.05, 4.69) is 29.9 Å². The largest absolute Gasteiger partial charge is 1.00 e. The zero-order valence-electron chi connectivity index (χ0n) is 18.9. The number of rotatable bonds is 6. The van der Waals surface area contributed by atoms with E-state index in [9.17, 15) is 4.79 Å². The predicted octanol–water partition coefficient (Wildman–Crippen LogP) is 1.26. The van der Waals surface area contributed by atoms with Crippen molar-refractivity contribution in [2.45, 2.75) is 13.0 Å². The third-order valence-corrected chi connectivity index (χ3v) is 5.94. The average Bonchev–Trinajstić information content (AvgIpc) is 3.29. The summed E-state index contributed by atoms with van der Waals surface area (Å²) in [6.07, 6.45) is 5.71. The van der Waals surface area contributed by atoms with Crippen molar-refractivity contribution in [2.75, 3.05) is 27.0 Å². The first kappa shape index (κ1) is 23.4. The van der Waals surface area contributed by atoms with Gasteiger partial charge in [0.1, 0.15) is 0 Å². The normalized spacial score (nSPS) is 12.7. The van der Waals surface area contributed by atoms with Gasteiger partial charge in [-0.1, -0.05) is 12.2 Å². The van der Waals surface area contributed by atoms with Crippen LogP contribution in [0.4, 0.5) is 4.79 Å². The van der Waals surface area contributed by atoms with E-state index in [-0.39, 0.29) is 19.2 Å². The Morgan fingerprint density at radius 2 is 1.88 bits per heavy atom. The maximum Gasteiger partial charge on any atom is 0.415 e. The molecule has 0 unspecified atom stereocenters. The first-order valence-electron chi connectivity index (χ1n) is 10.8. The van der Waals surface area contributed by atoms with Crippen molar-refractivity contribution in [3.8, 4) is 34.3 Å². The zero-order valence-corrected chi connectivity index (χ0v) is 19.6. The molecule has 1 amide bonds. The highest BCUT2D eigenvalue weighted by atomic mass is 35.5. The lowest BCUT2D eigenvalue weighted by Gasteiger charge is -2.21. The number of nitrogens with zero attached hydrogens (tertiary/aromatic N) is 2. The van der Waals surface area contributed by atoms with Gasteiger partial charge in [-0.15, -0.1) is 13.2 Å². The Morgan fingerprint density at radius 1 is 1.15 bits per heavy atom. The molecule has 8 heteroatoms. The lowest BCUT2D eigenvalue weighted by Crippen LogP contribution is -3.00. The Morgan fingerprint density at radius 3 is 2.59 bits per heavy atom. The van der Waals surface area contributed by atoms with Gasteiger partial charge in [-0.2, -0.15) is 4.57 Å². The number of carbonyl (C=O) groups excluding carboxylic acids is 1. The minimum absolute atomic E-state index is 0. The molecule has 3 heterocycles. The minimum atomic E-state index is -0.485. The molecular weight excluding hydrogens is 456 g/mol. The van der Waals surface area contributed by atoms with Gasteiger partial charge in [-0.3, -0.25) is 0 Å². The molecule has 0 saturated heterocycles. The SMILES string of the molecule is C=CCN(CC=C)C(=O)Oc1c(OC)ccc2cc3[n+](cc12)CCc1cc2c(cc1-3)OCO2.[Cl-]. The molecule has 0 fully saturated rings. The van der Waals surface area contributed by atoms with Crippen LogP contribution in [0, 0.1) is 0 Å². The molecule has 2 aliphatic rings. The van der Waals surface area contributed by atoms with Crippen LogP contribution in [-0.4, -0.2) is 38.0 Å². The molecular formula is C26H25ClN2O5. The number of carbonyl (C=O) groups is 1. The van der Waals surface area contributed by atoms with Crippen LogP contribution in [0.5, 0.6) is 23.0 Å². The summed E-state index contributed by atoms with van der Waals surface area (Å²) in [6.45, 7) is 9.19. The Balaban J connectivity index is 0.00000274. The number of aryl methyl sites for hydroxylation is 2. The summed E-state index contributed by atoms with van der Waals surface area (Å²) in [6, 6.07) is 10.0. The third-order valence-electron chi connectivity index (χ3n) is 5.94. The lowest BCUT2D eigenvalue weighted by atomic mass is 9.95. The van der Waals surface area contributed by atoms with E-state index in [1.165, 1.54) is 10.5 Å². The fourth-order valence-corrected chi connectivity index (χ4v) is 4.35. The van der Waals surface area contributed by atoms with Gasteiger partial charge in [0.15, 0.2) is 35.7 Å². The summed E-state index contributed by atoms with van der Waals surface area (Å²) in [5.74, 6) is 2.44. The molecule has 2 aliphatic heterocycles. The van der Waals surface area contributed by atoms with Crippen LogP contribution in [0.25, 0.3) is 22.0 Å². The molecule has 0 N–H and O–H groups in total. The average molecular weight is 481 g/mol. The first-order chi connectivity index (χ1) is 16.1. The van der Waals surface area contributed by atoms with Gasteiger partial charge < -0.3 is 36.3 Å². The van der Waals surface area contributed by atoms with Crippen LogP contribution in [-0.2, 0) is 13.0 Å². The second kappa shape index (κ2) is 9.65. The molecule has 1 aromatic heterocycles. The first-order valence-corrected chi connectivity index (χ1v) is 10.8. The number of hydrogen-bond acceptors (Lipinski definition) is 5. The number of hydrogen-bond donors (Lipinski definition) is 0. The molecule has 0 atom stereocenters. The third kappa shape index (κ3) is 4.03. The zero-order chi connectivity index (χ0) is 22.9. The standard InChI is InChI=1S/C26H25N2O5.ClH/c1-4-9-27(10-5-2)26(29)33-25-20-15-28-11-8-18-13-23-24(32-16-31-23)14-19(18)21(28)12-17(20)6-7-22(25)30-3;/h4-7,12-15H,1-2,8-11,16H2,3H3;1H/q+1;/p-1. The van der Waals surface area contributed by atoms with Crippen molar-refractivity contribution in [3.05, 3.63) is 67.4 Å². The molecule has 0 spiro atoms. The number of pyridine rings is 1. The second-order valence-electron chi connectivity index (χ2n) is 7.91. The van der Waals surface area contributed by atoms with Gasteiger partial charge in [0.2, 0.25) is 12.5 Å². The highest BCUT2D eigenvalue weighted by Crippen LogP contribution is 2.41. The molecule has 7 nitrogen and oxygen atoms in total. The topological polar surface area (TPSA) is 61.1 Å². The lowest BCUT2D eigenvalue weighted by molar-refractivity contribution is -0.686. The molecule has 3 aromatic rings. The van der Waals surface area contributed by atoms with Crippen LogP contribution in [0.2, 0.25) is 0 Å². The molecule has 34 heavy (non-hydrogen) atoms. The number of halogens is 1. The van der Waals surface area contributed by atoms with E-state index in [4.69, 9.17) is 18.9 Å². The fourth-order valence-electron chi connectivity index (χ4n) is 4.35. The smallest absolute Gasteiger partial charge is 0.415 e. The molecule has 176 valence electrons. The summed E-state index contributed by atoms with van der Waals surface area (Å²) < 4.78 is 24.7. The monoisotopic (exact) mass is 480 g/mol. The van der Waals surface area contributed by atoms with Gasteiger partial charge in [0, 0.05) is 25.6 Å². The van der Waals surface area contributed by atoms with E-state index in [1.54, 1.807) is 19.3 Å². The number of amides is 1. The Labute approximate surface area is 204 Å². The summed E-state index contributed by atoms with van der Waals surface area (Å²) >= 11 is 0. The van der Waals surface area contributed by atoms with Gasteiger partial charge in [0.25, 0.3) is 0 Å². The van der Waals surface area contributed by atoms with Crippen molar-refractivity contribution in [2.24, 2.45) is 0 Å². The van der Waals surface area contributed by atoms with Gasteiger partial charge in [-0.05, 0) is 35.2 Å². The maximum absolute atomic E-state index is 12.9. The van der Waals surface area contributed by atoms with Gasteiger partial charge >= 0.3 is 6.09 Å². The predicted molar refractivity (Wildman–Crippen MR) is 124 cm³/mol. The highest BCUT2D eigenvalue weighted by Gasteiger charge is 2.29. The van der Waals surface area contributed by atoms with Crippen LogP contribution in [0.15, 0.2) is 61.8 Å². The second-order valence-corrected chi connectivity index (χ2v) is 7.91.